The molecule has 0 spiro atoms. The van der Waals surface area contributed by atoms with Crippen molar-refractivity contribution in [3.63, 3.8) is 0 Å². The molecule has 2 N–H and O–H groups in total. The van der Waals surface area contributed by atoms with Crippen LogP contribution in [0.4, 0.5) is 15.8 Å². The molecule has 0 saturated heterocycles. The Bertz CT molecular complexity index is 588. The monoisotopic (exact) mass is 300 g/mol. The van der Waals surface area contributed by atoms with E-state index in [1.807, 2.05) is 24.1 Å². The van der Waals surface area contributed by atoms with Gasteiger partial charge < -0.3 is 15.4 Å². The zero-order valence-electron chi connectivity index (χ0n) is 10.6. The number of thiophene rings is 1. The van der Waals surface area contributed by atoms with Gasteiger partial charge in [-0.3, -0.25) is 0 Å². The number of nitrogens with zero attached hydrogens (tertiary/aromatic N) is 1. The van der Waals surface area contributed by atoms with Crippen molar-refractivity contribution in [3.05, 3.63) is 39.3 Å². The summed E-state index contributed by atoms with van der Waals surface area (Å²) in [7, 11) is 3.31. The molecule has 102 valence electrons. The lowest BCUT2D eigenvalue weighted by Crippen LogP contribution is -2.17. The van der Waals surface area contributed by atoms with E-state index in [1.54, 1.807) is 6.07 Å². The Labute approximate surface area is 120 Å². The van der Waals surface area contributed by atoms with Crippen molar-refractivity contribution in [2.24, 2.45) is 0 Å². The molecule has 0 saturated carbocycles. The molecule has 6 heteroatoms. The minimum atomic E-state index is -0.462. The fourth-order valence-electron chi connectivity index (χ4n) is 1.80. The van der Waals surface area contributed by atoms with E-state index in [0.717, 1.165) is 14.9 Å². The second-order valence-corrected chi connectivity index (χ2v) is 5.91. The van der Waals surface area contributed by atoms with E-state index in [2.05, 4.69) is 0 Å². The zero-order chi connectivity index (χ0) is 14.0. The third-order valence-electron chi connectivity index (χ3n) is 2.73. The van der Waals surface area contributed by atoms with E-state index < -0.39 is 5.82 Å². The molecule has 0 amide bonds. The highest BCUT2D eigenvalue weighted by Crippen LogP contribution is 2.32. The second kappa shape index (κ2) is 5.67. The maximum Gasteiger partial charge on any atom is 0.167 e. The van der Waals surface area contributed by atoms with E-state index in [9.17, 15) is 4.39 Å². The number of anilines is 2. The van der Waals surface area contributed by atoms with Gasteiger partial charge >= 0.3 is 0 Å². The molecule has 0 radical (unpaired) electrons. The standard InChI is InChI=1S/C13H14ClFN2OS/c1-17(7-8-3-4-13(14)19-8)11-6-12(18-2)9(15)5-10(11)16/h3-6H,7,16H2,1-2H3. The molecule has 0 aliphatic carbocycles. The molecule has 0 aliphatic heterocycles. The zero-order valence-corrected chi connectivity index (χ0v) is 12.2. The third-order valence-corrected chi connectivity index (χ3v) is 3.95. The average Bonchev–Trinajstić information content (AvgIpc) is 2.74. The van der Waals surface area contributed by atoms with Crippen LogP contribution in [-0.4, -0.2) is 14.2 Å². The summed E-state index contributed by atoms with van der Waals surface area (Å²) in [5, 5.41) is 0. The Balaban J connectivity index is 2.25. The third kappa shape index (κ3) is 3.11. The summed E-state index contributed by atoms with van der Waals surface area (Å²) >= 11 is 7.40. The van der Waals surface area contributed by atoms with Gasteiger partial charge in [-0.15, -0.1) is 11.3 Å². The van der Waals surface area contributed by atoms with Crippen LogP contribution in [0.3, 0.4) is 0 Å². The predicted molar refractivity (Wildman–Crippen MR) is 78.8 cm³/mol. The Kier molecular flexibility index (Phi) is 4.17. The average molecular weight is 301 g/mol. The van der Waals surface area contributed by atoms with Gasteiger partial charge in [-0.2, -0.15) is 0 Å². The van der Waals surface area contributed by atoms with Gasteiger partial charge in [0.15, 0.2) is 11.6 Å². The first-order chi connectivity index (χ1) is 9.01. The summed E-state index contributed by atoms with van der Waals surface area (Å²) < 4.78 is 19.2. The van der Waals surface area contributed by atoms with Gasteiger partial charge in [0, 0.05) is 24.1 Å². The first kappa shape index (κ1) is 14.0. The summed E-state index contributed by atoms with van der Waals surface area (Å²) in [6, 6.07) is 6.68. The van der Waals surface area contributed by atoms with Gasteiger partial charge in [0.1, 0.15) is 0 Å². The number of hydrogen-bond acceptors (Lipinski definition) is 4. The van der Waals surface area contributed by atoms with Crippen molar-refractivity contribution in [1.29, 1.82) is 0 Å². The van der Waals surface area contributed by atoms with Gasteiger partial charge in [-0.25, -0.2) is 4.39 Å². The Hall–Kier alpha value is -1.46. The van der Waals surface area contributed by atoms with Gasteiger partial charge in [-0.1, -0.05) is 11.6 Å². The molecule has 2 rings (SSSR count). The molecule has 2 aromatic rings. The van der Waals surface area contributed by atoms with E-state index in [-0.39, 0.29) is 5.75 Å². The van der Waals surface area contributed by atoms with Gasteiger partial charge in [0.05, 0.1) is 29.4 Å². The number of ether oxygens (including phenoxy) is 1. The van der Waals surface area contributed by atoms with Crippen LogP contribution in [0.25, 0.3) is 0 Å². The second-order valence-electron chi connectivity index (χ2n) is 4.11. The van der Waals surface area contributed by atoms with Gasteiger partial charge in [0.25, 0.3) is 0 Å². The lowest BCUT2D eigenvalue weighted by atomic mass is 10.2. The maximum atomic E-state index is 13.5. The molecule has 0 atom stereocenters. The Morgan fingerprint density at radius 2 is 2.16 bits per heavy atom. The van der Waals surface area contributed by atoms with Crippen LogP contribution in [0.15, 0.2) is 24.3 Å². The number of nitrogens with two attached hydrogens (primary N) is 1. The van der Waals surface area contributed by atoms with Crippen molar-refractivity contribution in [2.75, 3.05) is 24.8 Å². The molecule has 0 unspecified atom stereocenters. The van der Waals surface area contributed by atoms with Crippen LogP contribution in [0.5, 0.6) is 5.75 Å². The number of nitrogen functional groups attached to an aromatic ring is 1. The van der Waals surface area contributed by atoms with Crippen molar-refractivity contribution in [3.8, 4) is 5.75 Å². The van der Waals surface area contributed by atoms with E-state index in [4.69, 9.17) is 22.1 Å². The molecule has 3 nitrogen and oxygen atoms in total. The SMILES string of the molecule is COc1cc(N(C)Cc2ccc(Cl)s2)c(N)cc1F. The molecule has 19 heavy (non-hydrogen) atoms. The van der Waals surface area contributed by atoms with E-state index in [0.29, 0.717) is 12.2 Å². The summed E-state index contributed by atoms with van der Waals surface area (Å²) in [6.45, 7) is 0.649. The number of halogens is 2. The summed E-state index contributed by atoms with van der Waals surface area (Å²) in [6.07, 6.45) is 0. The molecule has 1 heterocycles. The summed E-state index contributed by atoms with van der Waals surface area (Å²) in [4.78, 5) is 3.04. The molecular formula is C13H14ClFN2OS. The van der Waals surface area contributed by atoms with Crippen LogP contribution < -0.4 is 15.4 Å². The molecule has 0 aliphatic rings. The van der Waals surface area contributed by atoms with Crippen LogP contribution in [0, 0.1) is 5.82 Å². The molecular weight excluding hydrogens is 287 g/mol. The topological polar surface area (TPSA) is 38.5 Å². The lowest BCUT2D eigenvalue weighted by Gasteiger charge is -2.21. The Morgan fingerprint density at radius 3 is 2.74 bits per heavy atom. The normalized spacial score (nSPS) is 10.5. The van der Waals surface area contributed by atoms with E-state index in [1.165, 1.54) is 24.5 Å². The fraction of sp³-hybridized carbons (Fsp3) is 0.231. The van der Waals surface area contributed by atoms with Crippen molar-refractivity contribution in [1.82, 2.24) is 0 Å². The molecule has 1 aromatic carbocycles. The largest absolute Gasteiger partial charge is 0.494 e. The minimum absolute atomic E-state index is 0.181. The van der Waals surface area contributed by atoms with Gasteiger partial charge in [-0.05, 0) is 12.1 Å². The van der Waals surface area contributed by atoms with Crippen LogP contribution in [-0.2, 0) is 6.54 Å². The number of hydrogen-bond donors (Lipinski definition) is 1. The van der Waals surface area contributed by atoms with Crippen LogP contribution in [0.2, 0.25) is 4.34 Å². The first-order valence-electron chi connectivity index (χ1n) is 5.59. The summed E-state index contributed by atoms with van der Waals surface area (Å²) in [5.74, 6) is -0.281. The number of benzene rings is 1. The smallest absolute Gasteiger partial charge is 0.167 e. The maximum absolute atomic E-state index is 13.5. The van der Waals surface area contributed by atoms with Gasteiger partial charge in [0.2, 0.25) is 0 Å². The van der Waals surface area contributed by atoms with Crippen molar-refractivity contribution < 1.29 is 9.13 Å². The minimum Gasteiger partial charge on any atom is -0.494 e. The Morgan fingerprint density at radius 1 is 1.42 bits per heavy atom. The van der Waals surface area contributed by atoms with Crippen LogP contribution >= 0.6 is 22.9 Å². The highest BCUT2D eigenvalue weighted by atomic mass is 35.5. The highest BCUT2D eigenvalue weighted by molar-refractivity contribution is 7.16. The number of rotatable bonds is 4. The number of methoxy groups -OCH3 is 1. The fourth-order valence-corrected chi connectivity index (χ4v) is 2.94. The van der Waals surface area contributed by atoms with Crippen LogP contribution in [0.1, 0.15) is 4.88 Å². The molecule has 1 aromatic heterocycles. The molecule has 0 fully saturated rings. The highest BCUT2D eigenvalue weighted by Gasteiger charge is 2.12. The molecule has 0 bridgehead atoms. The quantitative estimate of drug-likeness (QED) is 0.874. The predicted octanol–water partition coefficient (Wildman–Crippen LogP) is 3.77. The van der Waals surface area contributed by atoms with E-state index >= 15 is 0 Å². The van der Waals surface area contributed by atoms with Crippen molar-refractivity contribution in [2.45, 2.75) is 6.54 Å². The first-order valence-corrected chi connectivity index (χ1v) is 6.79. The van der Waals surface area contributed by atoms with Crippen molar-refractivity contribution >= 4 is 34.3 Å². The lowest BCUT2D eigenvalue weighted by molar-refractivity contribution is 0.387. The summed E-state index contributed by atoms with van der Waals surface area (Å²) in [5.41, 5.74) is 6.95.